The van der Waals surface area contributed by atoms with Gasteiger partial charge >= 0.3 is 0 Å². The topological polar surface area (TPSA) is 0 Å². The lowest BCUT2D eigenvalue weighted by atomic mass is 10.0. The van der Waals surface area contributed by atoms with Gasteiger partial charge in [0.15, 0.2) is 0 Å². The first-order chi connectivity index (χ1) is 4.23. The third kappa shape index (κ3) is 0.772. The second-order valence-electron chi connectivity index (χ2n) is 3.65. The minimum Gasteiger partial charge on any atom is -0.0850 e. The zero-order valence-electron chi connectivity index (χ0n) is 5.86. The molecule has 2 saturated carbocycles. The molecule has 0 aromatic heterocycles. The summed E-state index contributed by atoms with van der Waals surface area (Å²) in [4.78, 5) is 0. The first-order valence-electron chi connectivity index (χ1n) is 3.92. The molecule has 1 heteroatoms. The quantitative estimate of drug-likeness (QED) is 0.514. The molecule has 52 valence electrons. The fourth-order valence-corrected chi connectivity index (χ4v) is 3.32. The van der Waals surface area contributed by atoms with Gasteiger partial charge in [-0.15, -0.1) is 0 Å². The Kier molecular flexibility index (Phi) is 1.20. The van der Waals surface area contributed by atoms with Gasteiger partial charge < -0.3 is 0 Å². The lowest BCUT2D eigenvalue weighted by molar-refractivity contribution is 0.480. The van der Waals surface area contributed by atoms with Gasteiger partial charge in [0.05, 0.1) is 0 Å². The van der Waals surface area contributed by atoms with Crippen molar-refractivity contribution in [3.8, 4) is 0 Å². The van der Waals surface area contributed by atoms with Crippen molar-refractivity contribution in [1.29, 1.82) is 0 Å². The maximum atomic E-state index is 3.78. The largest absolute Gasteiger partial charge is 0.0850 e. The van der Waals surface area contributed by atoms with E-state index in [-0.39, 0.29) is 0 Å². The van der Waals surface area contributed by atoms with E-state index >= 15 is 0 Å². The van der Waals surface area contributed by atoms with Crippen molar-refractivity contribution < 1.29 is 0 Å². The molecule has 2 atom stereocenters. The Labute approximate surface area is 65.1 Å². The molecule has 0 aromatic rings. The van der Waals surface area contributed by atoms with Crippen LogP contribution in [0.4, 0.5) is 0 Å². The van der Waals surface area contributed by atoms with E-state index in [9.17, 15) is 0 Å². The molecule has 2 aliphatic rings. The monoisotopic (exact) mass is 188 g/mol. The van der Waals surface area contributed by atoms with E-state index in [1.54, 1.807) is 0 Å². The first kappa shape index (κ1) is 6.21. The minimum absolute atomic E-state index is 0.559. The molecule has 0 radical (unpaired) electrons. The van der Waals surface area contributed by atoms with E-state index in [0.717, 1.165) is 11.8 Å². The van der Waals surface area contributed by atoms with Crippen LogP contribution in [0.15, 0.2) is 0 Å². The summed E-state index contributed by atoms with van der Waals surface area (Å²) < 4.78 is 0.559. The zero-order chi connectivity index (χ0) is 6.48. The Bertz CT molecular complexity index is 115. The summed E-state index contributed by atoms with van der Waals surface area (Å²) in [6.45, 7) is 2.35. The lowest BCUT2D eigenvalue weighted by Crippen LogP contribution is -1.91. The van der Waals surface area contributed by atoms with Crippen LogP contribution < -0.4 is 0 Å². The Balaban J connectivity index is 2.06. The molecule has 0 aromatic carbocycles. The average Bonchev–Trinajstić information content (AvgIpc) is 2.39. The molecular formula is C8H13Br. The van der Waals surface area contributed by atoms with Crippen LogP contribution in [0, 0.1) is 11.8 Å². The van der Waals surface area contributed by atoms with Crippen molar-refractivity contribution in [3.05, 3.63) is 0 Å². The summed E-state index contributed by atoms with van der Waals surface area (Å²) in [5, 5.41) is 0. The smallest absolute Gasteiger partial charge is 0.0292 e. The zero-order valence-corrected chi connectivity index (χ0v) is 7.45. The number of hydrogen-bond acceptors (Lipinski definition) is 0. The summed E-state index contributed by atoms with van der Waals surface area (Å²) in [7, 11) is 0. The number of halogens is 1. The van der Waals surface area contributed by atoms with E-state index in [4.69, 9.17) is 0 Å². The van der Waals surface area contributed by atoms with E-state index in [1.807, 2.05) is 0 Å². The number of alkyl halides is 1. The Morgan fingerprint density at radius 3 is 2.00 bits per heavy atom. The van der Waals surface area contributed by atoms with Gasteiger partial charge in [-0.05, 0) is 31.6 Å². The second kappa shape index (κ2) is 1.75. The molecule has 0 nitrogen and oxygen atoms in total. The first-order valence-corrected chi connectivity index (χ1v) is 4.71. The molecular weight excluding hydrogens is 176 g/mol. The molecule has 2 unspecified atom stereocenters. The van der Waals surface area contributed by atoms with Gasteiger partial charge in [-0.1, -0.05) is 28.8 Å². The van der Waals surface area contributed by atoms with Crippen molar-refractivity contribution >= 4 is 15.9 Å². The molecule has 2 aliphatic carbocycles. The van der Waals surface area contributed by atoms with Crippen molar-refractivity contribution in [2.24, 2.45) is 11.8 Å². The normalized spacial score (nSPS) is 56.7. The van der Waals surface area contributed by atoms with Crippen LogP contribution in [0.25, 0.3) is 0 Å². The Hall–Kier alpha value is 0.480. The predicted molar refractivity (Wildman–Crippen MR) is 42.8 cm³/mol. The highest BCUT2D eigenvalue weighted by atomic mass is 79.9. The Morgan fingerprint density at radius 2 is 1.67 bits per heavy atom. The summed E-state index contributed by atoms with van der Waals surface area (Å²) in [5.41, 5.74) is 0. The van der Waals surface area contributed by atoms with Gasteiger partial charge in [-0.3, -0.25) is 0 Å². The predicted octanol–water partition coefficient (Wildman–Crippen LogP) is 2.96. The molecule has 0 bridgehead atoms. The Morgan fingerprint density at radius 1 is 1.22 bits per heavy atom. The van der Waals surface area contributed by atoms with Crippen molar-refractivity contribution in [2.45, 2.75) is 36.9 Å². The molecule has 0 N–H and O–H groups in total. The van der Waals surface area contributed by atoms with Crippen molar-refractivity contribution in [2.75, 3.05) is 0 Å². The third-order valence-corrected chi connectivity index (χ3v) is 4.28. The molecule has 0 saturated heterocycles. The van der Waals surface area contributed by atoms with Gasteiger partial charge in [0.25, 0.3) is 0 Å². The standard InChI is InChI=1S/C8H13Br/c1-8(9)6-4-2-3-5-7(6)8/h6-7H,2-5H2,1H3. The number of hydrogen-bond donors (Lipinski definition) is 0. The van der Waals surface area contributed by atoms with Crippen LogP contribution in [0.5, 0.6) is 0 Å². The van der Waals surface area contributed by atoms with Gasteiger partial charge in [0.1, 0.15) is 0 Å². The van der Waals surface area contributed by atoms with E-state index in [2.05, 4.69) is 22.9 Å². The summed E-state index contributed by atoms with van der Waals surface area (Å²) in [6.07, 6.45) is 5.91. The molecule has 0 amide bonds. The molecule has 0 aliphatic heterocycles. The van der Waals surface area contributed by atoms with E-state index in [0.29, 0.717) is 4.32 Å². The van der Waals surface area contributed by atoms with Gasteiger partial charge in [-0.2, -0.15) is 0 Å². The third-order valence-electron chi connectivity index (χ3n) is 3.11. The van der Waals surface area contributed by atoms with Gasteiger partial charge in [0.2, 0.25) is 0 Å². The fourth-order valence-electron chi connectivity index (χ4n) is 2.35. The molecule has 9 heavy (non-hydrogen) atoms. The van der Waals surface area contributed by atoms with Crippen LogP contribution in [-0.2, 0) is 0 Å². The van der Waals surface area contributed by atoms with Crippen LogP contribution in [-0.4, -0.2) is 4.32 Å². The van der Waals surface area contributed by atoms with Crippen LogP contribution >= 0.6 is 15.9 Å². The van der Waals surface area contributed by atoms with E-state index < -0.39 is 0 Å². The van der Waals surface area contributed by atoms with Crippen LogP contribution in [0.2, 0.25) is 0 Å². The molecule has 0 spiro atoms. The van der Waals surface area contributed by atoms with Crippen molar-refractivity contribution in [1.82, 2.24) is 0 Å². The second-order valence-corrected chi connectivity index (χ2v) is 5.36. The highest BCUT2D eigenvalue weighted by Crippen LogP contribution is 2.63. The average molecular weight is 189 g/mol. The highest BCUT2D eigenvalue weighted by Gasteiger charge is 2.59. The molecule has 0 heterocycles. The lowest BCUT2D eigenvalue weighted by Gasteiger charge is -2.04. The summed E-state index contributed by atoms with van der Waals surface area (Å²) in [5.74, 6) is 2.07. The van der Waals surface area contributed by atoms with E-state index in [1.165, 1.54) is 25.7 Å². The van der Waals surface area contributed by atoms with Gasteiger partial charge in [0, 0.05) is 4.32 Å². The van der Waals surface area contributed by atoms with Crippen molar-refractivity contribution in [3.63, 3.8) is 0 Å². The highest BCUT2D eigenvalue weighted by molar-refractivity contribution is 9.10. The maximum Gasteiger partial charge on any atom is 0.0292 e. The summed E-state index contributed by atoms with van der Waals surface area (Å²) >= 11 is 3.78. The fraction of sp³-hybridized carbons (Fsp3) is 1.00. The maximum absolute atomic E-state index is 3.78. The minimum atomic E-state index is 0.559. The number of fused-ring (bicyclic) bond motifs is 1. The van der Waals surface area contributed by atoms with Crippen LogP contribution in [0.3, 0.4) is 0 Å². The van der Waals surface area contributed by atoms with Gasteiger partial charge in [-0.25, -0.2) is 0 Å². The molecule has 2 fully saturated rings. The SMILES string of the molecule is CC1(Br)C2CCCCC21. The van der Waals surface area contributed by atoms with Crippen LogP contribution in [0.1, 0.15) is 32.6 Å². The molecule has 2 rings (SSSR count). The summed E-state index contributed by atoms with van der Waals surface area (Å²) in [6, 6.07) is 0. The number of rotatable bonds is 0.